The molecular formula is C14H20N4O2S. The Bertz CT molecular complexity index is 565. The number of aryl methyl sites for hydroxylation is 1. The molecule has 21 heavy (non-hydrogen) atoms. The van der Waals surface area contributed by atoms with E-state index in [2.05, 4.69) is 15.6 Å². The third-order valence-corrected chi connectivity index (χ3v) is 3.98. The molecule has 1 atom stereocenters. The highest BCUT2D eigenvalue weighted by Crippen LogP contribution is 2.17. The molecule has 2 aromatic rings. The summed E-state index contributed by atoms with van der Waals surface area (Å²) in [4.78, 5) is 18.1. The number of nitrogens with one attached hydrogen (secondary N) is 2. The van der Waals surface area contributed by atoms with E-state index in [4.69, 9.17) is 4.42 Å². The van der Waals surface area contributed by atoms with Gasteiger partial charge < -0.3 is 15.1 Å². The lowest BCUT2D eigenvalue weighted by molar-refractivity contribution is 0.225. The third kappa shape index (κ3) is 4.57. The number of amides is 2. The first-order valence-electron chi connectivity index (χ1n) is 6.69. The highest BCUT2D eigenvalue weighted by Gasteiger charge is 2.17. The van der Waals surface area contributed by atoms with Gasteiger partial charge in [0.05, 0.1) is 18.8 Å². The van der Waals surface area contributed by atoms with Crippen molar-refractivity contribution in [2.45, 2.75) is 19.5 Å². The molecule has 0 saturated heterocycles. The molecule has 0 saturated carbocycles. The zero-order valence-corrected chi connectivity index (χ0v) is 13.2. The summed E-state index contributed by atoms with van der Waals surface area (Å²) in [5.74, 6) is 0.829. The van der Waals surface area contributed by atoms with Gasteiger partial charge in [0.25, 0.3) is 0 Å². The summed E-state index contributed by atoms with van der Waals surface area (Å²) >= 11 is 1.54. The Morgan fingerprint density at radius 2 is 2.29 bits per heavy atom. The van der Waals surface area contributed by atoms with Crippen molar-refractivity contribution in [1.82, 2.24) is 20.5 Å². The second-order valence-electron chi connectivity index (χ2n) is 4.94. The molecule has 2 rings (SSSR count). The number of aromatic nitrogens is 1. The number of hydrogen-bond acceptors (Lipinski definition) is 5. The first-order valence-corrected chi connectivity index (χ1v) is 7.56. The number of rotatable bonds is 6. The van der Waals surface area contributed by atoms with E-state index in [1.807, 2.05) is 43.4 Å². The van der Waals surface area contributed by atoms with Crippen molar-refractivity contribution < 1.29 is 9.21 Å². The molecule has 2 N–H and O–H groups in total. The highest BCUT2D eigenvalue weighted by atomic mass is 32.1. The van der Waals surface area contributed by atoms with Crippen LogP contribution in [-0.2, 0) is 6.54 Å². The lowest BCUT2D eigenvalue weighted by atomic mass is 10.2. The number of carbonyl (C=O) groups excluding carboxylic acids is 1. The van der Waals surface area contributed by atoms with E-state index in [9.17, 15) is 4.79 Å². The van der Waals surface area contributed by atoms with Crippen molar-refractivity contribution in [2.75, 3.05) is 20.6 Å². The summed E-state index contributed by atoms with van der Waals surface area (Å²) in [6, 6.07) is 3.55. The molecule has 0 radical (unpaired) electrons. The van der Waals surface area contributed by atoms with Crippen molar-refractivity contribution in [3.63, 3.8) is 0 Å². The van der Waals surface area contributed by atoms with Gasteiger partial charge in [-0.15, -0.1) is 11.3 Å². The smallest absolute Gasteiger partial charge is 0.315 e. The molecule has 0 aliphatic heterocycles. The number of likely N-dealkylation sites (N-methyl/N-ethyl adjacent to an activating group) is 1. The number of urea groups is 1. The van der Waals surface area contributed by atoms with Crippen LogP contribution in [0.25, 0.3) is 0 Å². The minimum atomic E-state index is -0.207. The summed E-state index contributed by atoms with van der Waals surface area (Å²) in [6.07, 6.45) is 1.64. The maximum atomic E-state index is 11.8. The fraction of sp³-hybridized carbons (Fsp3) is 0.429. The average molecular weight is 308 g/mol. The highest BCUT2D eigenvalue weighted by molar-refractivity contribution is 7.09. The van der Waals surface area contributed by atoms with Crippen LogP contribution in [0, 0.1) is 6.92 Å². The Hall–Kier alpha value is -1.86. The molecule has 0 spiro atoms. The molecule has 2 aromatic heterocycles. The molecule has 0 aliphatic carbocycles. The van der Waals surface area contributed by atoms with Gasteiger partial charge in [-0.1, -0.05) is 0 Å². The number of nitrogens with zero attached hydrogens (tertiary/aromatic N) is 2. The van der Waals surface area contributed by atoms with Crippen LogP contribution < -0.4 is 10.6 Å². The van der Waals surface area contributed by atoms with Crippen molar-refractivity contribution in [3.8, 4) is 0 Å². The molecule has 114 valence electrons. The molecule has 0 fully saturated rings. The molecular weight excluding hydrogens is 288 g/mol. The number of thiazole rings is 1. The normalized spacial score (nSPS) is 12.4. The van der Waals surface area contributed by atoms with Gasteiger partial charge in [0, 0.05) is 17.6 Å². The van der Waals surface area contributed by atoms with Gasteiger partial charge in [0.15, 0.2) is 0 Å². The fourth-order valence-corrected chi connectivity index (χ4v) is 2.62. The molecule has 2 heterocycles. The minimum absolute atomic E-state index is 0.00728. The van der Waals surface area contributed by atoms with Gasteiger partial charge in [-0.25, -0.2) is 9.78 Å². The van der Waals surface area contributed by atoms with Gasteiger partial charge >= 0.3 is 6.03 Å². The zero-order chi connectivity index (χ0) is 15.2. The lowest BCUT2D eigenvalue weighted by Gasteiger charge is -2.22. The fourth-order valence-electron chi connectivity index (χ4n) is 1.91. The Balaban J connectivity index is 1.79. The predicted molar refractivity (Wildman–Crippen MR) is 82.2 cm³/mol. The number of hydrogen-bond donors (Lipinski definition) is 2. The summed E-state index contributed by atoms with van der Waals surface area (Å²) in [7, 11) is 3.90. The van der Waals surface area contributed by atoms with Crippen LogP contribution in [0.15, 0.2) is 28.2 Å². The van der Waals surface area contributed by atoms with Gasteiger partial charge in [-0.3, -0.25) is 4.90 Å². The molecule has 1 unspecified atom stereocenters. The van der Waals surface area contributed by atoms with Crippen LogP contribution in [0.4, 0.5) is 4.79 Å². The van der Waals surface area contributed by atoms with E-state index in [1.165, 1.54) is 0 Å². The van der Waals surface area contributed by atoms with Crippen LogP contribution in [0.1, 0.15) is 22.5 Å². The van der Waals surface area contributed by atoms with Crippen molar-refractivity contribution in [2.24, 2.45) is 0 Å². The van der Waals surface area contributed by atoms with Crippen molar-refractivity contribution in [3.05, 3.63) is 40.2 Å². The van der Waals surface area contributed by atoms with E-state index in [0.29, 0.717) is 13.1 Å². The number of furan rings is 1. The Morgan fingerprint density at radius 3 is 2.86 bits per heavy atom. The van der Waals surface area contributed by atoms with E-state index < -0.39 is 0 Å². The zero-order valence-electron chi connectivity index (χ0n) is 12.4. The molecule has 2 amide bonds. The van der Waals surface area contributed by atoms with Crippen LogP contribution >= 0.6 is 11.3 Å². The van der Waals surface area contributed by atoms with Gasteiger partial charge in [-0.05, 0) is 33.2 Å². The SMILES string of the molecule is Cc1csc(CNC(=O)NCC(c2ccco2)N(C)C)n1. The molecule has 6 nitrogen and oxygen atoms in total. The molecule has 0 aromatic carbocycles. The van der Waals surface area contributed by atoms with Crippen molar-refractivity contribution in [1.29, 1.82) is 0 Å². The predicted octanol–water partition coefficient (Wildman–Crippen LogP) is 2.15. The quantitative estimate of drug-likeness (QED) is 0.858. The minimum Gasteiger partial charge on any atom is -0.468 e. The Kier molecular flexibility index (Phi) is 5.35. The summed E-state index contributed by atoms with van der Waals surface area (Å²) in [5, 5.41) is 8.52. The van der Waals surface area contributed by atoms with E-state index in [1.54, 1.807) is 17.6 Å². The topological polar surface area (TPSA) is 70.4 Å². The second kappa shape index (κ2) is 7.24. The van der Waals surface area contributed by atoms with Crippen LogP contribution in [0.5, 0.6) is 0 Å². The monoisotopic (exact) mass is 308 g/mol. The van der Waals surface area contributed by atoms with Crippen LogP contribution in [0.2, 0.25) is 0 Å². The summed E-state index contributed by atoms with van der Waals surface area (Å²) in [6.45, 7) is 2.85. The van der Waals surface area contributed by atoms with E-state index >= 15 is 0 Å². The van der Waals surface area contributed by atoms with Crippen molar-refractivity contribution >= 4 is 17.4 Å². The molecule has 7 heteroatoms. The van der Waals surface area contributed by atoms with Gasteiger partial charge in [0.2, 0.25) is 0 Å². The maximum Gasteiger partial charge on any atom is 0.315 e. The Labute approximate surface area is 128 Å². The van der Waals surface area contributed by atoms with Gasteiger partial charge in [0.1, 0.15) is 10.8 Å². The molecule has 0 aliphatic rings. The molecule has 0 bridgehead atoms. The van der Waals surface area contributed by atoms with E-state index in [-0.39, 0.29) is 12.1 Å². The number of carbonyl (C=O) groups is 1. The maximum absolute atomic E-state index is 11.8. The average Bonchev–Trinajstić information content (AvgIpc) is 3.08. The lowest BCUT2D eigenvalue weighted by Crippen LogP contribution is -2.40. The first-order chi connectivity index (χ1) is 10.1. The first kappa shape index (κ1) is 15.5. The van der Waals surface area contributed by atoms with E-state index in [0.717, 1.165) is 16.5 Å². The standard InChI is InChI=1S/C14H20N4O2S/c1-10-9-21-13(17-10)8-16-14(19)15-7-11(18(2)3)12-5-4-6-20-12/h4-6,9,11H,7-8H2,1-3H3,(H2,15,16,19). The summed E-state index contributed by atoms with van der Waals surface area (Å²) < 4.78 is 5.40. The van der Waals surface area contributed by atoms with Gasteiger partial charge in [-0.2, -0.15) is 0 Å². The largest absolute Gasteiger partial charge is 0.468 e. The summed E-state index contributed by atoms with van der Waals surface area (Å²) in [5.41, 5.74) is 0.975. The van der Waals surface area contributed by atoms with Crippen LogP contribution in [0.3, 0.4) is 0 Å². The second-order valence-corrected chi connectivity index (χ2v) is 5.88. The Morgan fingerprint density at radius 1 is 1.48 bits per heavy atom. The third-order valence-electron chi connectivity index (χ3n) is 3.02. The van der Waals surface area contributed by atoms with Crippen LogP contribution in [-0.4, -0.2) is 36.6 Å².